The zero-order valence-electron chi connectivity index (χ0n) is 18.2. The smallest absolute Gasteiger partial charge is 0.223 e. The Balaban J connectivity index is 1.20. The normalized spacial score (nSPS) is 21.9. The molecule has 2 aromatic heterocycles. The molecule has 1 atom stereocenters. The summed E-state index contributed by atoms with van der Waals surface area (Å²) < 4.78 is 19.6. The second-order valence-corrected chi connectivity index (χ2v) is 11.7. The van der Waals surface area contributed by atoms with Crippen molar-refractivity contribution in [2.24, 2.45) is 5.92 Å². The first-order valence-corrected chi connectivity index (χ1v) is 13.5. The number of anilines is 1. The van der Waals surface area contributed by atoms with Crippen molar-refractivity contribution in [1.29, 1.82) is 0 Å². The van der Waals surface area contributed by atoms with Gasteiger partial charge in [-0.2, -0.15) is 10.6 Å². The van der Waals surface area contributed by atoms with Crippen LogP contribution < -0.4 is 5.32 Å². The minimum Gasteiger partial charge on any atom is -0.360 e. The van der Waals surface area contributed by atoms with E-state index in [9.17, 15) is 13.9 Å². The van der Waals surface area contributed by atoms with Crippen LogP contribution in [0.15, 0.2) is 36.7 Å². The van der Waals surface area contributed by atoms with Gasteiger partial charge in [0.15, 0.2) is 0 Å². The molecule has 0 radical (unpaired) electrons. The highest BCUT2D eigenvalue weighted by Gasteiger charge is 2.32. The zero-order chi connectivity index (χ0) is 23.0. The van der Waals surface area contributed by atoms with E-state index in [0.717, 1.165) is 35.7 Å². The first-order valence-electron chi connectivity index (χ1n) is 11.2. The van der Waals surface area contributed by atoms with E-state index < -0.39 is 10.6 Å². The molecule has 0 saturated carbocycles. The number of para-hydroxylation sites is 1. The molecule has 0 aliphatic carbocycles. The molecule has 4 heterocycles. The van der Waals surface area contributed by atoms with Crippen LogP contribution >= 0.6 is 22.2 Å². The van der Waals surface area contributed by atoms with Crippen molar-refractivity contribution in [3.05, 3.63) is 41.7 Å². The van der Waals surface area contributed by atoms with Crippen LogP contribution in [0.25, 0.3) is 22.2 Å². The molecule has 1 aromatic carbocycles. The Hall–Kier alpha value is -2.33. The average Bonchev–Trinajstić information content (AvgIpc) is 3.38. The number of hydrogen-bond donors (Lipinski definition) is 4. The molecule has 2 fully saturated rings. The number of halogens is 1. The van der Waals surface area contributed by atoms with Crippen LogP contribution in [0, 0.1) is 5.92 Å². The Bertz CT molecular complexity index is 1160. The van der Waals surface area contributed by atoms with E-state index in [0.29, 0.717) is 47.7 Å². The number of nitrogens with zero attached hydrogens (tertiary/aromatic N) is 3. The molecular weight excluding hydrogens is 462 g/mol. The fraction of sp³-hybridized carbons (Fsp3) is 0.435. The highest BCUT2D eigenvalue weighted by Crippen LogP contribution is 2.49. The van der Waals surface area contributed by atoms with Gasteiger partial charge < -0.3 is 15.2 Å². The third kappa shape index (κ3) is 4.96. The summed E-state index contributed by atoms with van der Waals surface area (Å²) in [5.74, 6) is 1.52. The monoisotopic (exact) mass is 489 g/mol. The summed E-state index contributed by atoms with van der Waals surface area (Å²) in [6.07, 6.45) is 6.27. The van der Waals surface area contributed by atoms with Crippen LogP contribution in [0.2, 0.25) is 5.02 Å². The molecule has 2 saturated heterocycles. The third-order valence-corrected chi connectivity index (χ3v) is 8.76. The Kier molecular flexibility index (Phi) is 6.22. The maximum absolute atomic E-state index is 12.7. The number of benzene rings is 1. The number of aromatic amines is 1. The number of hydrogen-bond acceptors (Lipinski definition) is 6. The molecule has 1 amide bonds. The van der Waals surface area contributed by atoms with Gasteiger partial charge >= 0.3 is 0 Å². The summed E-state index contributed by atoms with van der Waals surface area (Å²) >= 11 is 6.43. The van der Waals surface area contributed by atoms with Crippen LogP contribution in [-0.4, -0.2) is 65.5 Å². The highest BCUT2D eigenvalue weighted by molar-refractivity contribution is 8.24. The summed E-state index contributed by atoms with van der Waals surface area (Å²) in [5, 5.41) is 4.96. The molecule has 1 unspecified atom stereocenters. The lowest BCUT2D eigenvalue weighted by Gasteiger charge is -2.33. The van der Waals surface area contributed by atoms with Gasteiger partial charge in [0, 0.05) is 59.7 Å². The molecule has 10 heteroatoms. The van der Waals surface area contributed by atoms with Gasteiger partial charge in [-0.1, -0.05) is 29.8 Å². The summed E-state index contributed by atoms with van der Waals surface area (Å²) in [5.41, 5.74) is 2.64. The van der Waals surface area contributed by atoms with Gasteiger partial charge in [0.1, 0.15) is 0 Å². The van der Waals surface area contributed by atoms with Crippen LogP contribution in [0.5, 0.6) is 0 Å². The van der Waals surface area contributed by atoms with E-state index in [4.69, 9.17) is 16.6 Å². The van der Waals surface area contributed by atoms with Crippen LogP contribution in [-0.2, 0) is 4.79 Å². The molecule has 4 N–H and O–H groups in total. The van der Waals surface area contributed by atoms with Gasteiger partial charge in [-0.3, -0.25) is 13.9 Å². The number of fused-ring (bicyclic) bond motifs is 1. The van der Waals surface area contributed by atoms with E-state index in [1.807, 2.05) is 35.4 Å². The molecule has 8 nitrogen and oxygen atoms in total. The quantitative estimate of drug-likeness (QED) is 0.407. The number of H-pyrrole nitrogens is 1. The number of piperidine rings is 1. The minimum atomic E-state index is -2.46. The van der Waals surface area contributed by atoms with Gasteiger partial charge in [0.2, 0.25) is 11.9 Å². The first-order chi connectivity index (χ1) is 15.9. The fourth-order valence-electron chi connectivity index (χ4n) is 4.79. The highest BCUT2D eigenvalue weighted by atomic mass is 35.5. The van der Waals surface area contributed by atoms with Gasteiger partial charge in [0.25, 0.3) is 0 Å². The van der Waals surface area contributed by atoms with Gasteiger partial charge in [-0.05, 0) is 31.2 Å². The molecule has 0 spiro atoms. The molecule has 0 bridgehead atoms. The largest absolute Gasteiger partial charge is 0.360 e. The van der Waals surface area contributed by atoms with Gasteiger partial charge in [-0.25, -0.2) is 9.97 Å². The summed E-state index contributed by atoms with van der Waals surface area (Å²) in [6, 6.07) is 8.19. The predicted molar refractivity (Wildman–Crippen MR) is 133 cm³/mol. The molecule has 176 valence electrons. The Morgan fingerprint density at radius 3 is 2.79 bits per heavy atom. The van der Waals surface area contributed by atoms with Crippen LogP contribution in [0.4, 0.5) is 5.95 Å². The summed E-state index contributed by atoms with van der Waals surface area (Å²) in [6.45, 7) is 1.34. The molecule has 3 aromatic rings. The Morgan fingerprint density at radius 2 is 2.03 bits per heavy atom. The molecule has 5 rings (SSSR count). The van der Waals surface area contributed by atoms with E-state index in [1.54, 1.807) is 6.20 Å². The SMILES string of the molecule is O=C(CC1CCS(O)(O)C1)N1CCC(Nc2ncc(Cl)c(-c3c[nH]c4ccccc34)n2)CC1. The van der Waals surface area contributed by atoms with Crippen molar-refractivity contribution >= 4 is 44.9 Å². The van der Waals surface area contributed by atoms with Gasteiger partial charge in [0.05, 0.1) is 16.9 Å². The lowest BCUT2D eigenvalue weighted by molar-refractivity contribution is -0.133. The van der Waals surface area contributed by atoms with Gasteiger partial charge in [-0.15, -0.1) is 0 Å². The van der Waals surface area contributed by atoms with E-state index in [-0.39, 0.29) is 17.9 Å². The standard InChI is InChI=1S/C23H28ClN5O3S/c24-19-13-26-23(28-22(19)18-12-25-20-4-2-1-3-17(18)20)27-16-5-8-29(9-6-16)21(30)11-15-7-10-33(31,32)14-15/h1-4,12-13,15-16,25,31-32H,5-11,14H2,(H,26,27,28). The number of aromatic nitrogens is 3. The number of rotatable bonds is 5. The van der Waals surface area contributed by atoms with Crippen molar-refractivity contribution in [1.82, 2.24) is 19.9 Å². The maximum Gasteiger partial charge on any atom is 0.223 e. The number of likely N-dealkylation sites (tertiary alicyclic amines) is 1. The number of carbonyl (C=O) groups is 1. The second kappa shape index (κ2) is 9.13. The second-order valence-electron chi connectivity index (χ2n) is 8.97. The predicted octanol–water partition coefficient (Wildman–Crippen LogP) is 4.84. The molecule has 33 heavy (non-hydrogen) atoms. The van der Waals surface area contributed by atoms with E-state index in [1.165, 1.54) is 0 Å². The van der Waals surface area contributed by atoms with Crippen LogP contribution in [0.3, 0.4) is 0 Å². The van der Waals surface area contributed by atoms with Crippen molar-refractivity contribution in [2.45, 2.75) is 31.7 Å². The number of nitrogens with one attached hydrogen (secondary N) is 2. The van der Waals surface area contributed by atoms with E-state index >= 15 is 0 Å². The summed E-state index contributed by atoms with van der Waals surface area (Å²) in [7, 11) is -2.46. The van der Waals surface area contributed by atoms with Crippen molar-refractivity contribution in [2.75, 3.05) is 29.9 Å². The lowest BCUT2D eigenvalue weighted by Crippen LogP contribution is -2.43. The topological polar surface area (TPSA) is 114 Å². The van der Waals surface area contributed by atoms with Crippen molar-refractivity contribution in [3.8, 4) is 11.3 Å². The van der Waals surface area contributed by atoms with Crippen LogP contribution in [0.1, 0.15) is 25.7 Å². The third-order valence-electron chi connectivity index (χ3n) is 6.59. The zero-order valence-corrected chi connectivity index (χ0v) is 19.8. The maximum atomic E-state index is 12.7. The minimum absolute atomic E-state index is 0.0868. The Labute approximate surface area is 199 Å². The van der Waals surface area contributed by atoms with E-state index in [2.05, 4.69) is 15.3 Å². The molecular formula is C23H28ClN5O3S. The lowest BCUT2D eigenvalue weighted by atomic mass is 10.0. The van der Waals surface area contributed by atoms with Crippen molar-refractivity contribution < 1.29 is 13.9 Å². The fourth-order valence-corrected chi connectivity index (χ4v) is 6.90. The molecule has 2 aliphatic rings. The Morgan fingerprint density at radius 1 is 1.24 bits per heavy atom. The summed E-state index contributed by atoms with van der Waals surface area (Å²) in [4.78, 5) is 26.9. The number of amides is 1. The first kappa shape index (κ1) is 22.5. The average molecular weight is 490 g/mol. The molecule has 2 aliphatic heterocycles. The number of carbonyl (C=O) groups excluding carboxylic acids is 1. The van der Waals surface area contributed by atoms with Crippen molar-refractivity contribution in [3.63, 3.8) is 0 Å².